The molecule has 0 aromatic carbocycles. The van der Waals surface area contributed by atoms with Gasteiger partial charge in [-0.25, -0.2) is 4.98 Å². The van der Waals surface area contributed by atoms with Crippen LogP contribution in [-0.2, 0) is 0 Å². The molecule has 0 saturated carbocycles. The van der Waals surface area contributed by atoms with Crippen molar-refractivity contribution in [2.24, 2.45) is 0 Å². The monoisotopic (exact) mass is 247 g/mol. The molecule has 0 amide bonds. The molecule has 0 unspecified atom stereocenters. The highest BCUT2D eigenvalue weighted by atomic mass is 16.6. The number of nitrogens with one attached hydrogen (secondary N) is 1. The molecular weight excluding hydrogens is 234 g/mol. The maximum Gasteiger partial charge on any atom is 0.305 e. The van der Waals surface area contributed by atoms with Crippen molar-refractivity contribution >= 4 is 11.5 Å². The predicted octanol–water partition coefficient (Wildman–Crippen LogP) is 0.660. The van der Waals surface area contributed by atoms with Crippen LogP contribution in [0.2, 0.25) is 0 Å². The average molecular weight is 247 g/mol. The summed E-state index contributed by atoms with van der Waals surface area (Å²) in [6, 6.07) is 5.04. The van der Waals surface area contributed by atoms with Crippen LogP contribution in [0.3, 0.4) is 0 Å². The van der Waals surface area contributed by atoms with E-state index in [1.54, 1.807) is 12.1 Å². The lowest BCUT2D eigenvalue weighted by Crippen LogP contribution is -2.49. The predicted molar refractivity (Wildman–Crippen MR) is 65.3 cm³/mol. The van der Waals surface area contributed by atoms with Gasteiger partial charge in [0.05, 0.1) is 4.92 Å². The van der Waals surface area contributed by atoms with E-state index >= 15 is 0 Å². The molecule has 0 bridgehead atoms. The van der Waals surface area contributed by atoms with Crippen molar-refractivity contribution in [3.05, 3.63) is 27.9 Å². The van der Waals surface area contributed by atoms with E-state index < -0.39 is 4.92 Å². The number of nitrogens with zero attached hydrogens (tertiary/aromatic N) is 4. The Morgan fingerprint density at radius 1 is 1.67 bits per heavy atom. The Kier molecular flexibility index (Phi) is 3.39. The first kappa shape index (κ1) is 12.3. The van der Waals surface area contributed by atoms with Crippen molar-refractivity contribution in [1.29, 1.82) is 5.26 Å². The van der Waals surface area contributed by atoms with Crippen LogP contribution in [0.25, 0.3) is 0 Å². The van der Waals surface area contributed by atoms with Crippen LogP contribution in [0.1, 0.15) is 12.6 Å². The van der Waals surface area contributed by atoms with Crippen molar-refractivity contribution < 1.29 is 4.92 Å². The summed E-state index contributed by atoms with van der Waals surface area (Å²) in [4.78, 5) is 16.2. The zero-order chi connectivity index (χ0) is 13.1. The first-order valence-corrected chi connectivity index (χ1v) is 5.65. The largest absolute Gasteiger partial charge is 0.354 e. The van der Waals surface area contributed by atoms with Gasteiger partial charge in [0.15, 0.2) is 0 Å². The molecule has 1 fully saturated rings. The Labute approximate surface area is 104 Å². The first-order valence-electron chi connectivity index (χ1n) is 5.65. The summed E-state index contributed by atoms with van der Waals surface area (Å²) in [7, 11) is 0. The molecule has 18 heavy (non-hydrogen) atoms. The summed E-state index contributed by atoms with van der Waals surface area (Å²) in [6.07, 6.45) is 0. The van der Waals surface area contributed by atoms with E-state index in [4.69, 9.17) is 5.26 Å². The minimum atomic E-state index is -0.588. The van der Waals surface area contributed by atoms with Gasteiger partial charge in [0, 0.05) is 31.7 Å². The SMILES string of the molecule is C[C@H]1CN(c2ccc([N+](=O)[O-])c(C#N)n2)CCN1. The molecule has 1 aromatic heterocycles. The van der Waals surface area contributed by atoms with E-state index in [0.717, 1.165) is 19.6 Å². The highest BCUT2D eigenvalue weighted by Gasteiger charge is 2.21. The molecule has 2 heterocycles. The fourth-order valence-corrected chi connectivity index (χ4v) is 1.99. The zero-order valence-corrected chi connectivity index (χ0v) is 9.96. The zero-order valence-electron chi connectivity index (χ0n) is 9.96. The molecule has 2 rings (SSSR count). The van der Waals surface area contributed by atoms with Crippen molar-refractivity contribution in [3.8, 4) is 6.07 Å². The fourth-order valence-electron chi connectivity index (χ4n) is 1.99. The molecule has 7 nitrogen and oxygen atoms in total. The number of aromatic nitrogens is 1. The Morgan fingerprint density at radius 2 is 2.44 bits per heavy atom. The number of pyridine rings is 1. The molecule has 0 radical (unpaired) electrons. The highest BCUT2D eigenvalue weighted by molar-refractivity contribution is 5.51. The number of hydrogen-bond donors (Lipinski definition) is 1. The fraction of sp³-hybridized carbons (Fsp3) is 0.455. The van der Waals surface area contributed by atoms with E-state index in [1.807, 2.05) is 4.90 Å². The van der Waals surface area contributed by atoms with Crippen molar-refractivity contribution in [1.82, 2.24) is 10.3 Å². The lowest BCUT2D eigenvalue weighted by molar-refractivity contribution is -0.385. The number of anilines is 1. The summed E-state index contributed by atoms with van der Waals surface area (Å²) in [5.74, 6) is 0.616. The van der Waals surface area contributed by atoms with Crippen LogP contribution in [0.5, 0.6) is 0 Å². The van der Waals surface area contributed by atoms with Crippen molar-refractivity contribution in [2.75, 3.05) is 24.5 Å². The smallest absolute Gasteiger partial charge is 0.305 e. The number of piperazine rings is 1. The van der Waals surface area contributed by atoms with E-state index in [9.17, 15) is 10.1 Å². The molecule has 1 N–H and O–H groups in total. The third kappa shape index (κ3) is 2.38. The molecule has 7 heteroatoms. The van der Waals surface area contributed by atoms with Gasteiger partial charge in [-0.1, -0.05) is 0 Å². The summed E-state index contributed by atoms with van der Waals surface area (Å²) in [5.41, 5.74) is -0.381. The molecule has 1 aliphatic rings. The summed E-state index contributed by atoms with van der Waals surface area (Å²) < 4.78 is 0. The second kappa shape index (κ2) is 4.98. The van der Waals surface area contributed by atoms with Gasteiger partial charge in [0.25, 0.3) is 0 Å². The number of nitro groups is 1. The van der Waals surface area contributed by atoms with Crippen LogP contribution in [0, 0.1) is 21.4 Å². The summed E-state index contributed by atoms with van der Waals surface area (Å²) >= 11 is 0. The van der Waals surface area contributed by atoms with Gasteiger partial charge in [-0.2, -0.15) is 5.26 Å². The standard InChI is InChI=1S/C11H13N5O2/c1-8-7-15(5-4-13-8)11-3-2-10(16(17)18)9(6-12)14-11/h2-3,8,13H,4-5,7H2,1H3/t8-/m0/s1. The van der Waals surface area contributed by atoms with E-state index in [2.05, 4.69) is 17.2 Å². The first-order chi connectivity index (χ1) is 8.61. The number of nitriles is 1. The molecule has 0 spiro atoms. The molecule has 1 atom stereocenters. The lowest BCUT2D eigenvalue weighted by Gasteiger charge is -2.32. The third-order valence-electron chi connectivity index (χ3n) is 2.85. The Hall–Kier alpha value is -2.20. The topological polar surface area (TPSA) is 95.1 Å². The minimum absolute atomic E-state index is 0.135. The second-order valence-corrected chi connectivity index (χ2v) is 4.21. The summed E-state index contributed by atoms with van der Waals surface area (Å²) in [6.45, 7) is 4.44. The minimum Gasteiger partial charge on any atom is -0.354 e. The maximum absolute atomic E-state index is 10.7. The lowest BCUT2D eigenvalue weighted by atomic mass is 10.2. The van der Waals surface area contributed by atoms with E-state index in [0.29, 0.717) is 11.9 Å². The van der Waals surface area contributed by atoms with Gasteiger partial charge >= 0.3 is 5.69 Å². The van der Waals surface area contributed by atoms with Gasteiger partial charge in [0.1, 0.15) is 11.9 Å². The maximum atomic E-state index is 10.7. The van der Waals surface area contributed by atoms with Gasteiger partial charge in [-0.15, -0.1) is 0 Å². The van der Waals surface area contributed by atoms with Crippen molar-refractivity contribution in [2.45, 2.75) is 13.0 Å². The molecule has 94 valence electrons. The molecule has 1 aliphatic heterocycles. The van der Waals surface area contributed by atoms with Crippen LogP contribution < -0.4 is 10.2 Å². The normalized spacial score (nSPS) is 19.3. The van der Waals surface area contributed by atoms with Gasteiger partial charge < -0.3 is 10.2 Å². The van der Waals surface area contributed by atoms with Crippen LogP contribution in [0.15, 0.2) is 12.1 Å². The van der Waals surface area contributed by atoms with Crippen molar-refractivity contribution in [3.63, 3.8) is 0 Å². The van der Waals surface area contributed by atoms with Crippen LogP contribution in [0.4, 0.5) is 11.5 Å². The Morgan fingerprint density at radius 3 is 3.06 bits per heavy atom. The molecule has 1 saturated heterocycles. The van der Waals surface area contributed by atoms with Gasteiger partial charge in [-0.3, -0.25) is 10.1 Å². The third-order valence-corrected chi connectivity index (χ3v) is 2.85. The Balaban J connectivity index is 2.30. The van der Waals surface area contributed by atoms with Crippen LogP contribution >= 0.6 is 0 Å². The van der Waals surface area contributed by atoms with Crippen LogP contribution in [-0.4, -0.2) is 35.6 Å². The average Bonchev–Trinajstić information content (AvgIpc) is 2.37. The Bertz CT molecular complexity index is 511. The van der Waals surface area contributed by atoms with E-state index in [1.165, 1.54) is 6.07 Å². The summed E-state index contributed by atoms with van der Waals surface area (Å²) in [5, 5.41) is 22.9. The number of hydrogen-bond acceptors (Lipinski definition) is 6. The van der Waals surface area contributed by atoms with Gasteiger partial charge in [0.2, 0.25) is 5.69 Å². The quantitative estimate of drug-likeness (QED) is 0.609. The molecule has 0 aliphatic carbocycles. The number of rotatable bonds is 2. The van der Waals surface area contributed by atoms with E-state index in [-0.39, 0.29) is 11.4 Å². The highest BCUT2D eigenvalue weighted by Crippen LogP contribution is 2.21. The molecular formula is C11H13N5O2. The second-order valence-electron chi connectivity index (χ2n) is 4.21. The molecule has 1 aromatic rings. The van der Waals surface area contributed by atoms with Gasteiger partial charge in [-0.05, 0) is 13.0 Å².